The number of rotatable bonds is 2. The summed E-state index contributed by atoms with van der Waals surface area (Å²) in [6.45, 7) is 0. The Bertz CT molecular complexity index is 530. The quantitative estimate of drug-likeness (QED) is 0.592. The van der Waals surface area contributed by atoms with Crippen molar-refractivity contribution in [3.8, 4) is 0 Å². The average molecular weight is 363 g/mol. The molecule has 0 unspecified atom stereocenters. The summed E-state index contributed by atoms with van der Waals surface area (Å²) < 4.78 is 13.6. The summed E-state index contributed by atoms with van der Waals surface area (Å²) in [5.74, 6) is -2.64. The molecule has 0 spiro atoms. The van der Waals surface area contributed by atoms with Crippen molar-refractivity contribution in [3.63, 3.8) is 0 Å². The fourth-order valence-electron chi connectivity index (χ4n) is 1.42. The van der Waals surface area contributed by atoms with Crippen LogP contribution in [0, 0.1) is 9.39 Å². The van der Waals surface area contributed by atoms with Gasteiger partial charge < -0.3 is 4.84 Å². The smallest absolute Gasteiger partial charge is 0.325 e. The number of halogens is 2. The molecule has 1 heterocycles. The number of hydrogen-bond acceptors (Lipinski definition) is 4. The summed E-state index contributed by atoms with van der Waals surface area (Å²) in [5.41, 5.74) is -0.0552. The first-order chi connectivity index (χ1) is 8.49. The lowest BCUT2D eigenvalue weighted by molar-refractivity contribution is -0.172. The van der Waals surface area contributed by atoms with E-state index in [2.05, 4.69) is 4.84 Å². The lowest BCUT2D eigenvalue weighted by Gasteiger charge is -2.12. The molecule has 2 amide bonds. The van der Waals surface area contributed by atoms with Gasteiger partial charge in [-0.1, -0.05) is 0 Å². The van der Waals surface area contributed by atoms with Crippen molar-refractivity contribution >= 4 is 40.4 Å². The Hall–Kier alpha value is -1.51. The third-order valence-corrected chi connectivity index (χ3v) is 3.21. The van der Waals surface area contributed by atoms with Crippen LogP contribution in [0.4, 0.5) is 4.39 Å². The third-order valence-electron chi connectivity index (χ3n) is 2.34. The average Bonchev–Trinajstić information content (AvgIpc) is 2.64. The molecular formula is C11H7FINO4. The van der Waals surface area contributed by atoms with Crippen molar-refractivity contribution in [1.29, 1.82) is 0 Å². The van der Waals surface area contributed by atoms with Gasteiger partial charge in [-0.15, -0.1) is 5.06 Å². The summed E-state index contributed by atoms with van der Waals surface area (Å²) in [6.07, 6.45) is 0.0420. The fraction of sp³-hybridized carbons (Fsp3) is 0.182. The maximum Gasteiger partial charge on any atom is 0.364 e. The number of imide groups is 1. The minimum absolute atomic E-state index is 0.0210. The SMILES string of the molecule is O=C(ON1C(=O)CCC1=O)c1ccc(I)c(F)c1. The molecule has 0 aromatic heterocycles. The van der Waals surface area contributed by atoms with E-state index in [1.165, 1.54) is 12.1 Å². The van der Waals surface area contributed by atoms with E-state index in [-0.39, 0.29) is 18.4 Å². The van der Waals surface area contributed by atoms with Crippen LogP contribution >= 0.6 is 22.6 Å². The molecule has 0 bridgehead atoms. The van der Waals surface area contributed by atoms with Gasteiger partial charge in [0.15, 0.2) is 0 Å². The lowest BCUT2D eigenvalue weighted by Crippen LogP contribution is -2.32. The Kier molecular flexibility index (Phi) is 3.60. The number of amides is 2. The number of carbonyl (C=O) groups excluding carboxylic acids is 3. The van der Waals surface area contributed by atoms with E-state index < -0.39 is 23.6 Å². The number of hydroxylamine groups is 2. The highest BCUT2D eigenvalue weighted by molar-refractivity contribution is 14.1. The second-order valence-corrected chi connectivity index (χ2v) is 4.75. The van der Waals surface area contributed by atoms with Crippen molar-refractivity contribution in [2.75, 3.05) is 0 Å². The molecule has 0 saturated carbocycles. The van der Waals surface area contributed by atoms with Crippen LogP contribution in [0.3, 0.4) is 0 Å². The van der Waals surface area contributed by atoms with Crippen molar-refractivity contribution in [3.05, 3.63) is 33.1 Å². The molecular weight excluding hydrogens is 356 g/mol. The van der Waals surface area contributed by atoms with Gasteiger partial charge in [-0.2, -0.15) is 0 Å². The van der Waals surface area contributed by atoms with E-state index in [4.69, 9.17) is 0 Å². The topological polar surface area (TPSA) is 63.7 Å². The molecule has 18 heavy (non-hydrogen) atoms. The van der Waals surface area contributed by atoms with E-state index in [1.54, 1.807) is 22.6 Å². The van der Waals surface area contributed by atoms with Crippen LogP contribution in [0.25, 0.3) is 0 Å². The predicted molar refractivity (Wildman–Crippen MR) is 65.6 cm³/mol. The molecule has 0 radical (unpaired) electrons. The molecule has 94 valence electrons. The Labute approximate surface area is 115 Å². The Morgan fingerprint density at radius 2 is 1.89 bits per heavy atom. The second-order valence-electron chi connectivity index (χ2n) is 3.59. The molecule has 0 N–H and O–H groups in total. The van der Waals surface area contributed by atoms with E-state index in [9.17, 15) is 18.8 Å². The normalized spacial score (nSPS) is 15.1. The molecule has 1 aromatic carbocycles. The molecule has 2 rings (SSSR count). The van der Waals surface area contributed by atoms with Gasteiger partial charge in [0.05, 0.1) is 5.56 Å². The molecule has 1 saturated heterocycles. The van der Waals surface area contributed by atoms with Gasteiger partial charge in [0.25, 0.3) is 11.8 Å². The standard InChI is InChI=1S/C11H7FINO4/c12-7-5-6(1-2-8(7)13)11(17)18-14-9(15)3-4-10(14)16/h1-2,5H,3-4H2. The van der Waals surface area contributed by atoms with E-state index in [0.29, 0.717) is 8.63 Å². The van der Waals surface area contributed by atoms with Crippen molar-refractivity contribution < 1.29 is 23.6 Å². The number of nitrogens with zero attached hydrogens (tertiary/aromatic N) is 1. The number of benzene rings is 1. The molecule has 7 heteroatoms. The van der Waals surface area contributed by atoms with Crippen LogP contribution < -0.4 is 0 Å². The number of carbonyl (C=O) groups is 3. The van der Waals surface area contributed by atoms with Gasteiger partial charge in [0, 0.05) is 16.4 Å². The maximum absolute atomic E-state index is 13.2. The Morgan fingerprint density at radius 1 is 1.28 bits per heavy atom. The first-order valence-corrected chi connectivity index (χ1v) is 6.10. The van der Waals surface area contributed by atoms with Gasteiger partial charge in [0.1, 0.15) is 5.82 Å². The van der Waals surface area contributed by atoms with Gasteiger partial charge in [0.2, 0.25) is 0 Å². The molecule has 0 aliphatic carbocycles. The highest BCUT2D eigenvalue weighted by Gasteiger charge is 2.33. The van der Waals surface area contributed by atoms with E-state index in [1.807, 2.05) is 0 Å². The molecule has 1 aliphatic heterocycles. The Balaban J connectivity index is 2.14. The van der Waals surface area contributed by atoms with Crippen LogP contribution in [-0.2, 0) is 14.4 Å². The Morgan fingerprint density at radius 3 is 2.44 bits per heavy atom. The van der Waals surface area contributed by atoms with Crippen LogP contribution in [0.2, 0.25) is 0 Å². The summed E-state index contributed by atoms with van der Waals surface area (Å²) in [7, 11) is 0. The van der Waals surface area contributed by atoms with Crippen LogP contribution in [0.1, 0.15) is 23.2 Å². The maximum atomic E-state index is 13.2. The second kappa shape index (κ2) is 5.01. The predicted octanol–water partition coefficient (Wildman–Crippen LogP) is 1.65. The van der Waals surface area contributed by atoms with Crippen LogP contribution in [0.5, 0.6) is 0 Å². The fourth-order valence-corrected chi connectivity index (χ4v) is 1.75. The zero-order valence-electron chi connectivity index (χ0n) is 8.98. The zero-order valence-corrected chi connectivity index (χ0v) is 11.1. The minimum Gasteiger partial charge on any atom is -0.325 e. The van der Waals surface area contributed by atoms with Crippen LogP contribution in [0.15, 0.2) is 18.2 Å². The van der Waals surface area contributed by atoms with Crippen molar-refractivity contribution in [2.24, 2.45) is 0 Å². The molecule has 1 aromatic rings. The monoisotopic (exact) mass is 363 g/mol. The van der Waals surface area contributed by atoms with Gasteiger partial charge in [-0.05, 0) is 40.8 Å². The molecule has 1 fully saturated rings. The summed E-state index contributed by atoms with van der Waals surface area (Å²) in [6, 6.07) is 3.76. The highest BCUT2D eigenvalue weighted by Crippen LogP contribution is 2.16. The molecule has 1 aliphatic rings. The van der Waals surface area contributed by atoms with Gasteiger partial charge >= 0.3 is 5.97 Å². The van der Waals surface area contributed by atoms with Crippen molar-refractivity contribution in [1.82, 2.24) is 5.06 Å². The van der Waals surface area contributed by atoms with Crippen LogP contribution in [-0.4, -0.2) is 22.8 Å². The first-order valence-electron chi connectivity index (χ1n) is 5.02. The summed E-state index contributed by atoms with van der Waals surface area (Å²) in [4.78, 5) is 38.7. The lowest BCUT2D eigenvalue weighted by atomic mass is 10.2. The van der Waals surface area contributed by atoms with E-state index >= 15 is 0 Å². The summed E-state index contributed by atoms with van der Waals surface area (Å²) in [5, 5.41) is 0.429. The first kappa shape index (κ1) is 12.9. The van der Waals surface area contributed by atoms with Gasteiger partial charge in [-0.25, -0.2) is 9.18 Å². The van der Waals surface area contributed by atoms with Gasteiger partial charge in [-0.3, -0.25) is 9.59 Å². The number of hydrogen-bond donors (Lipinski definition) is 0. The largest absolute Gasteiger partial charge is 0.364 e. The summed E-state index contributed by atoms with van der Waals surface area (Å²) >= 11 is 1.78. The van der Waals surface area contributed by atoms with E-state index in [0.717, 1.165) is 6.07 Å². The molecule has 0 atom stereocenters. The third kappa shape index (κ3) is 2.50. The molecule has 5 nitrogen and oxygen atoms in total. The highest BCUT2D eigenvalue weighted by atomic mass is 127. The van der Waals surface area contributed by atoms with Crippen molar-refractivity contribution in [2.45, 2.75) is 12.8 Å². The zero-order chi connectivity index (χ0) is 13.3. The minimum atomic E-state index is -0.936.